The highest BCUT2D eigenvalue weighted by atomic mass is 19.1. The maximum Gasteiger partial charge on any atom is 0.138 e. The van der Waals surface area contributed by atoms with Gasteiger partial charge in [-0.2, -0.15) is 0 Å². The zero-order valence-electron chi connectivity index (χ0n) is 7.48. The molecule has 0 amide bonds. The Balaban J connectivity index is 3.99. The van der Waals surface area contributed by atoms with Gasteiger partial charge >= 0.3 is 0 Å². The van der Waals surface area contributed by atoms with Crippen LogP contribution in [0.25, 0.3) is 0 Å². The number of ketones is 1. The van der Waals surface area contributed by atoms with E-state index in [2.05, 4.69) is 5.73 Å². The fourth-order valence-corrected chi connectivity index (χ4v) is 1.03. The molecule has 3 N–H and O–H groups in total. The molecule has 0 aliphatic carbocycles. The van der Waals surface area contributed by atoms with Crippen molar-refractivity contribution < 1.29 is 14.9 Å². The summed E-state index contributed by atoms with van der Waals surface area (Å²) in [5.41, 5.74) is 2.35. The molecule has 2 nitrogen and oxygen atoms in total. The molecule has 0 bridgehead atoms. The van der Waals surface area contributed by atoms with Gasteiger partial charge < -0.3 is 5.73 Å². The fourth-order valence-electron chi connectivity index (χ4n) is 1.03. The number of halogens is 1. The number of quaternary nitrogens is 1. The van der Waals surface area contributed by atoms with Crippen LogP contribution in [0.15, 0.2) is 0 Å². The van der Waals surface area contributed by atoms with Gasteiger partial charge in [-0.15, -0.1) is 0 Å². The molecule has 1 atom stereocenters. The second kappa shape index (κ2) is 3.81. The minimum absolute atomic E-state index is 0.0331. The lowest BCUT2D eigenvalue weighted by atomic mass is 9.92. The molecule has 0 aromatic rings. The summed E-state index contributed by atoms with van der Waals surface area (Å²) >= 11 is 0. The Morgan fingerprint density at radius 3 is 2.18 bits per heavy atom. The molecule has 0 rings (SSSR count). The van der Waals surface area contributed by atoms with Crippen molar-refractivity contribution in [2.24, 2.45) is 5.92 Å². The summed E-state index contributed by atoms with van der Waals surface area (Å²) < 4.78 is 13.0. The van der Waals surface area contributed by atoms with Gasteiger partial charge in [-0.1, -0.05) is 0 Å². The van der Waals surface area contributed by atoms with Gasteiger partial charge in [0.15, 0.2) is 0 Å². The normalized spacial score (nSPS) is 14.6. The molecule has 11 heavy (non-hydrogen) atoms. The van der Waals surface area contributed by atoms with E-state index in [-0.39, 0.29) is 18.1 Å². The zero-order valence-corrected chi connectivity index (χ0v) is 7.48. The number of alkyl halides is 1. The van der Waals surface area contributed by atoms with Crippen LogP contribution in [0.2, 0.25) is 0 Å². The van der Waals surface area contributed by atoms with Crippen LogP contribution in [-0.2, 0) is 4.79 Å². The van der Waals surface area contributed by atoms with Crippen molar-refractivity contribution in [2.75, 3.05) is 6.54 Å². The topological polar surface area (TPSA) is 44.7 Å². The van der Waals surface area contributed by atoms with Gasteiger partial charge in [0.05, 0.1) is 12.5 Å². The molecule has 0 fully saturated rings. The largest absolute Gasteiger partial charge is 0.357 e. The van der Waals surface area contributed by atoms with Gasteiger partial charge in [0.25, 0.3) is 0 Å². The Labute approximate surface area is 67.0 Å². The van der Waals surface area contributed by atoms with Crippen molar-refractivity contribution >= 4 is 5.78 Å². The zero-order chi connectivity index (χ0) is 9.07. The van der Waals surface area contributed by atoms with Gasteiger partial charge in [-0.3, -0.25) is 4.79 Å². The average Bonchev–Trinajstić information content (AvgIpc) is 1.80. The molecule has 0 aromatic heterocycles. The lowest BCUT2D eigenvalue weighted by Gasteiger charge is -2.17. The Bertz CT molecular complexity index is 140. The smallest absolute Gasteiger partial charge is 0.138 e. The van der Waals surface area contributed by atoms with E-state index in [0.29, 0.717) is 6.54 Å². The SMILES string of the molecule is CC(=O)C(C[NH3+])CC(C)(C)F. The van der Waals surface area contributed by atoms with Crippen LogP contribution in [0.3, 0.4) is 0 Å². The van der Waals surface area contributed by atoms with Crippen molar-refractivity contribution in [3.63, 3.8) is 0 Å². The van der Waals surface area contributed by atoms with Gasteiger partial charge in [0, 0.05) is 0 Å². The Hall–Kier alpha value is -0.440. The molecule has 0 saturated heterocycles. The van der Waals surface area contributed by atoms with Crippen molar-refractivity contribution in [1.29, 1.82) is 0 Å². The Morgan fingerprint density at radius 2 is 2.09 bits per heavy atom. The second-order valence-electron chi connectivity index (χ2n) is 3.52. The molecular weight excluding hydrogens is 145 g/mol. The van der Waals surface area contributed by atoms with Gasteiger partial charge in [0.1, 0.15) is 11.5 Å². The highest BCUT2D eigenvalue weighted by Gasteiger charge is 2.25. The molecule has 0 saturated carbocycles. The predicted octanol–water partition coefficient (Wildman–Crippen LogP) is 0.572. The molecular formula is C8H17FNO+. The number of hydrogen-bond acceptors (Lipinski definition) is 1. The average molecular weight is 162 g/mol. The number of rotatable bonds is 4. The van der Waals surface area contributed by atoms with E-state index < -0.39 is 5.67 Å². The first-order chi connectivity index (χ1) is 4.87. The first kappa shape index (κ1) is 10.6. The highest BCUT2D eigenvalue weighted by Crippen LogP contribution is 2.19. The van der Waals surface area contributed by atoms with Crippen LogP contribution in [0.1, 0.15) is 27.2 Å². The maximum absolute atomic E-state index is 13.0. The third kappa shape index (κ3) is 4.90. The molecule has 0 heterocycles. The summed E-state index contributed by atoms with van der Waals surface area (Å²) in [6, 6.07) is 0. The van der Waals surface area contributed by atoms with Crippen LogP contribution in [0.5, 0.6) is 0 Å². The monoisotopic (exact) mass is 162 g/mol. The van der Waals surface area contributed by atoms with Gasteiger partial charge in [0.2, 0.25) is 0 Å². The van der Waals surface area contributed by atoms with Crippen LogP contribution >= 0.6 is 0 Å². The van der Waals surface area contributed by atoms with Crippen molar-refractivity contribution in [3.05, 3.63) is 0 Å². The van der Waals surface area contributed by atoms with Gasteiger partial charge in [-0.05, 0) is 27.2 Å². The van der Waals surface area contributed by atoms with E-state index in [9.17, 15) is 9.18 Å². The molecule has 0 spiro atoms. The summed E-state index contributed by atoms with van der Waals surface area (Å²) in [5, 5.41) is 0. The van der Waals surface area contributed by atoms with Crippen molar-refractivity contribution in [2.45, 2.75) is 32.9 Å². The van der Waals surface area contributed by atoms with E-state index in [4.69, 9.17) is 0 Å². The second-order valence-corrected chi connectivity index (χ2v) is 3.52. The summed E-state index contributed by atoms with van der Waals surface area (Å²) in [6.45, 7) is 4.95. The minimum Gasteiger partial charge on any atom is -0.357 e. The Morgan fingerprint density at radius 1 is 1.64 bits per heavy atom. The number of Topliss-reactive ketones (excluding diaryl/α,β-unsaturated/α-hetero) is 1. The van der Waals surface area contributed by atoms with E-state index >= 15 is 0 Å². The first-order valence-corrected chi connectivity index (χ1v) is 3.85. The molecule has 66 valence electrons. The van der Waals surface area contributed by atoms with Crippen LogP contribution < -0.4 is 5.73 Å². The predicted molar refractivity (Wildman–Crippen MR) is 41.7 cm³/mol. The van der Waals surface area contributed by atoms with Crippen molar-refractivity contribution in [3.8, 4) is 0 Å². The number of carbonyl (C=O) groups is 1. The van der Waals surface area contributed by atoms with E-state index in [1.54, 1.807) is 0 Å². The molecule has 0 aliphatic rings. The van der Waals surface area contributed by atoms with Crippen LogP contribution in [0, 0.1) is 5.92 Å². The quantitative estimate of drug-likeness (QED) is 0.645. The van der Waals surface area contributed by atoms with E-state index in [1.165, 1.54) is 20.8 Å². The third-order valence-corrected chi connectivity index (χ3v) is 1.66. The molecule has 0 aromatic carbocycles. The standard InChI is InChI=1S/C8H16FNO/c1-6(11)7(5-10)4-8(2,3)9/h7H,4-5,10H2,1-3H3/p+1. The summed E-state index contributed by atoms with van der Waals surface area (Å²) in [5.74, 6) is -0.180. The number of carbonyl (C=O) groups excluding carboxylic acids is 1. The molecule has 0 aliphatic heterocycles. The molecule has 1 unspecified atom stereocenters. The van der Waals surface area contributed by atoms with Crippen LogP contribution in [-0.4, -0.2) is 18.0 Å². The van der Waals surface area contributed by atoms with E-state index in [0.717, 1.165) is 0 Å². The summed E-state index contributed by atoms with van der Waals surface area (Å²) in [7, 11) is 0. The minimum atomic E-state index is -1.26. The Kier molecular flexibility index (Phi) is 3.66. The highest BCUT2D eigenvalue weighted by molar-refractivity contribution is 5.78. The molecule has 3 heteroatoms. The summed E-state index contributed by atoms with van der Waals surface area (Å²) in [4.78, 5) is 10.8. The lowest BCUT2D eigenvalue weighted by molar-refractivity contribution is -0.376. The van der Waals surface area contributed by atoms with E-state index in [1.807, 2.05) is 0 Å². The fraction of sp³-hybridized carbons (Fsp3) is 0.875. The number of hydrogen-bond donors (Lipinski definition) is 1. The van der Waals surface area contributed by atoms with Gasteiger partial charge in [-0.25, -0.2) is 4.39 Å². The first-order valence-electron chi connectivity index (χ1n) is 3.85. The lowest BCUT2D eigenvalue weighted by Crippen LogP contribution is -2.55. The third-order valence-electron chi connectivity index (χ3n) is 1.66. The van der Waals surface area contributed by atoms with Crippen molar-refractivity contribution in [1.82, 2.24) is 0 Å². The molecule has 0 radical (unpaired) electrons. The maximum atomic E-state index is 13.0. The summed E-state index contributed by atoms with van der Waals surface area (Å²) in [6.07, 6.45) is 0.284. The van der Waals surface area contributed by atoms with Crippen LogP contribution in [0.4, 0.5) is 4.39 Å².